The summed E-state index contributed by atoms with van der Waals surface area (Å²) >= 11 is 13.0. The second-order valence-corrected chi connectivity index (χ2v) is 7.96. The maximum Gasteiger partial charge on any atom is 0.240 e. The number of halogens is 3. The molecule has 2 aromatic carbocycles. The number of hydrogen-bond acceptors (Lipinski definition) is 3. The second-order valence-electron chi connectivity index (χ2n) is 7.14. The molecule has 1 amide bonds. The van der Waals surface area contributed by atoms with Crippen LogP contribution in [0, 0.1) is 11.7 Å². The van der Waals surface area contributed by atoms with E-state index in [0.717, 1.165) is 36.2 Å². The molecule has 0 aliphatic carbocycles. The van der Waals surface area contributed by atoms with Gasteiger partial charge in [0.1, 0.15) is 5.82 Å². The van der Waals surface area contributed by atoms with E-state index in [1.165, 1.54) is 12.1 Å². The molecule has 0 radical (unpaired) electrons. The number of rotatable bonds is 4. The number of nitrogens with zero attached hydrogens (tertiary/aromatic N) is 2. The molecule has 0 spiro atoms. The van der Waals surface area contributed by atoms with Crippen molar-refractivity contribution in [3.63, 3.8) is 0 Å². The maximum atomic E-state index is 13.2. The Morgan fingerprint density at radius 2 is 1.64 bits per heavy atom. The fraction of sp³-hybridized carbons (Fsp3) is 0.381. The van der Waals surface area contributed by atoms with E-state index < -0.39 is 0 Å². The summed E-state index contributed by atoms with van der Waals surface area (Å²) < 4.78 is 18.5. The van der Waals surface area contributed by atoms with Gasteiger partial charge in [-0.05, 0) is 53.8 Å². The van der Waals surface area contributed by atoms with Crippen molar-refractivity contribution in [2.24, 2.45) is 5.92 Å². The van der Waals surface area contributed by atoms with E-state index in [-0.39, 0.29) is 17.6 Å². The van der Waals surface area contributed by atoms with Crippen molar-refractivity contribution in [3.05, 3.63) is 57.8 Å². The molecule has 2 fully saturated rings. The number of amides is 1. The zero-order chi connectivity index (χ0) is 19.7. The SMILES string of the molecule is O=C1[C@H](Cc2c(Cl)cc(-c3ccc(F)cc3)cc2Cl)CCN1N1CCOCC1. The summed E-state index contributed by atoms with van der Waals surface area (Å²) in [6.45, 7) is 3.50. The Morgan fingerprint density at radius 1 is 1.00 bits per heavy atom. The summed E-state index contributed by atoms with van der Waals surface area (Å²) in [6, 6.07) is 9.85. The van der Waals surface area contributed by atoms with Crippen LogP contribution in [0.3, 0.4) is 0 Å². The quantitative estimate of drug-likeness (QED) is 0.729. The molecule has 2 heterocycles. The smallest absolute Gasteiger partial charge is 0.240 e. The number of ether oxygens (including phenoxy) is 1. The van der Waals surface area contributed by atoms with Crippen LogP contribution in [0.4, 0.5) is 4.39 Å². The number of hydrazine groups is 1. The molecule has 0 aromatic heterocycles. The molecule has 0 saturated carbocycles. The standard InChI is InChI=1S/C21H21Cl2FN2O2/c22-19-12-16(14-1-3-17(24)4-2-14)13-20(23)18(19)11-15-5-6-26(21(15)27)25-7-9-28-10-8-25/h1-4,12-13,15H,5-11H2/t15-/m0/s1. The van der Waals surface area contributed by atoms with Crippen LogP contribution in [-0.4, -0.2) is 48.8 Å². The Kier molecular flexibility index (Phi) is 5.88. The minimum absolute atomic E-state index is 0.122. The van der Waals surface area contributed by atoms with Crippen LogP contribution < -0.4 is 0 Å². The second kappa shape index (κ2) is 8.37. The number of hydrogen-bond donors (Lipinski definition) is 0. The van der Waals surface area contributed by atoms with Gasteiger partial charge in [-0.15, -0.1) is 0 Å². The molecule has 0 bridgehead atoms. The first-order valence-electron chi connectivity index (χ1n) is 9.41. The molecule has 2 aromatic rings. The lowest BCUT2D eigenvalue weighted by Gasteiger charge is -2.34. The highest BCUT2D eigenvalue weighted by Gasteiger charge is 2.36. The molecule has 1 atom stereocenters. The van der Waals surface area contributed by atoms with E-state index in [4.69, 9.17) is 27.9 Å². The lowest BCUT2D eigenvalue weighted by atomic mass is 9.95. The van der Waals surface area contributed by atoms with E-state index in [1.54, 1.807) is 12.1 Å². The Bertz CT molecular complexity index is 846. The first kappa shape index (κ1) is 19.6. The molecular formula is C21H21Cl2FN2O2. The number of morpholine rings is 1. The van der Waals surface area contributed by atoms with Crippen molar-refractivity contribution in [2.75, 3.05) is 32.8 Å². The van der Waals surface area contributed by atoms with Crippen molar-refractivity contribution >= 4 is 29.1 Å². The van der Waals surface area contributed by atoms with Crippen LogP contribution in [0.5, 0.6) is 0 Å². The average molecular weight is 423 g/mol. The molecule has 0 unspecified atom stereocenters. The van der Waals surface area contributed by atoms with Gasteiger partial charge in [0, 0.05) is 35.6 Å². The monoisotopic (exact) mass is 422 g/mol. The Morgan fingerprint density at radius 3 is 2.29 bits per heavy atom. The summed E-state index contributed by atoms with van der Waals surface area (Å²) in [5, 5.41) is 4.99. The maximum absolute atomic E-state index is 13.2. The summed E-state index contributed by atoms with van der Waals surface area (Å²) in [6.07, 6.45) is 1.30. The van der Waals surface area contributed by atoms with E-state index >= 15 is 0 Å². The van der Waals surface area contributed by atoms with Gasteiger partial charge in [0.2, 0.25) is 5.91 Å². The highest BCUT2D eigenvalue weighted by atomic mass is 35.5. The molecule has 28 heavy (non-hydrogen) atoms. The van der Waals surface area contributed by atoms with Gasteiger partial charge in [0.15, 0.2) is 0 Å². The van der Waals surface area contributed by atoms with Gasteiger partial charge in [-0.2, -0.15) is 0 Å². The predicted molar refractivity (Wildman–Crippen MR) is 108 cm³/mol. The Labute approximate surface area is 173 Å². The molecule has 2 saturated heterocycles. The number of carbonyl (C=O) groups is 1. The zero-order valence-corrected chi connectivity index (χ0v) is 16.8. The first-order chi connectivity index (χ1) is 13.5. The zero-order valence-electron chi connectivity index (χ0n) is 15.3. The van der Waals surface area contributed by atoms with Crippen molar-refractivity contribution in [3.8, 4) is 11.1 Å². The third-order valence-corrected chi connectivity index (χ3v) is 6.07. The normalized spacial score (nSPS) is 20.8. The van der Waals surface area contributed by atoms with Crippen LogP contribution in [0.15, 0.2) is 36.4 Å². The molecule has 148 valence electrons. The summed E-state index contributed by atoms with van der Waals surface area (Å²) in [4.78, 5) is 12.9. The minimum atomic E-state index is -0.290. The number of carbonyl (C=O) groups excluding carboxylic acids is 1. The van der Waals surface area contributed by atoms with E-state index in [9.17, 15) is 9.18 Å². The van der Waals surface area contributed by atoms with Gasteiger partial charge in [-0.3, -0.25) is 9.80 Å². The van der Waals surface area contributed by atoms with Crippen molar-refractivity contribution in [2.45, 2.75) is 12.8 Å². The van der Waals surface area contributed by atoms with Crippen LogP contribution in [0.2, 0.25) is 10.0 Å². The largest absolute Gasteiger partial charge is 0.379 e. The van der Waals surface area contributed by atoms with E-state index in [1.807, 2.05) is 17.1 Å². The lowest BCUT2D eigenvalue weighted by molar-refractivity contribution is -0.153. The fourth-order valence-corrected chi connectivity index (χ4v) is 4.48. The summed E-state index contributed by atoms with van der Waals surface area (Å²) in [5.74, 6) is -0.298. The molecule has 2 aliphatic heterocycles. The average Bonchev–Trinajstić information content (AvgIpc) is 3.06. The molecule has 4 rings (SSSR count). The fourth-order valence-electron chi connectivity index (χ4n) is 3.84. The highest BCUT2D eigenvalue weighted by Crippen LogP contribution is 2.35. The molecule has 7 heteroatoms. The molecule has 4 nitrogen and oxygen atoms in total. The van der Waals surface area contributed by atoms with Gasteiger partial charge in [-0.1, -0.05) is 35.3 Å². The Balaban J connectivity index is 1.50. The summed E-state index contributed by atoms with van der Waals surface area (Å²) in [7, 11) is 0. The predicted octanol–water partition coefficient (Wildman–Crippen LogP) is 4.44. The van der Waals surface area contributed by atoms with Gasteiger partial charge in [0.25, 0.3) is 0 Å². The Hall–Kier alpha value is -1.66. The first-order valence-corrected chi connectivity index (χ1v) is 10.2. The lowest BCUT2D eigenvalue weighted by Crippen LogP contribution is -2.49. The van der Waals surface area contributed by atoms with Gasteiger partial charge in [0.05, 0.1) is 13.2 Å². The molecular weight excluding hydrogens is 402 g/mol. The van der Waals surface area contributed by atoms with Crippen molar-refractivity contribution < 1.29 is 13.9 Å². The van der Waals surface area contributed by atoms with E-state index in [2.05, 4.69) is 5.01 Å². The van der Waals surface area contributed by atoms with Crippen LogP contribution in [-0.2, 0) is 16.0 Å². The van der Waals surface area contributed by atoms with Crippen molar-refractivity contribution in [1.82, 2.24) is 10.0 Å². The highest BCUT2D eigenvalue weighted by molar-refractivity contribution is 6.36. The van der Waals surface area contributed by atoms with E-state index in [0.29, 0.717) is 36.2 Å². The van der Waals surface area contributed by atoms with Gasteiger partial charge < -0.3 is 4.74 Å². The molecule has 0 N–H and O–H groups in total. The van der Waals surface area contributed by atoms with Crippen LogP contribution in [0.1, 0.15) is 12.0 Å². The van der Waals surface area contributed by atoms with Crippen LogP contribution in [0.25, 0.3) is 11.1 Å². The number of benzene rings is 2. The molecule has 2 aliphatic rings. The topological polar surface area (TPSA) is 32.8 Å². The minimum Gasteiger partial charge on any atom is -0.379 e. The summed E-state index contributed by atoms with van der Waals surface area (Å²) in [5.41, 5.74) is 2.45. The third kappa shape index (κ3) is 4.03. The van der Waals surface area contributed by atoms with Gasteiger partial charge in [-0.25, -0.2) is 9.40 Å². The third-order valence-electron chi connectivity index (χ3n) is 5.39. The van der Waals surface area contributed by atoms with Gasteiger partial charge >= 0.3 is 0 Å². The van der Waals surface area contributed by atoms with Crippen molar-refractivity contribution in [1.29, 1.82) is 0 Å². The van der Waals surface area contributed by atoms with Crippen LogP contribution >= 0.6 is 23.2 Å².